The van der Waals surface area contributed by atoms with E-state index in [2.05, 4.69) is 0 Å². The fourth-order valence-corrected chi connectivity index (χ4v) is 2.95. The summed E-state index contributed by atoms with van der Waals surface area (Å²) in [6.45, 7) is 0.507. The molecule has 0 unspecified atom stereocenters. The normalized spacial score (nSPS) is 18.8. The molecule has 1 aromatic carbocycles. The van der Waals surface area contributed by atoms with Crippen LogP contribution in [0.3, 0.4) is 0 Å². The van der Waals surface area contributed by atoms with Crippen molar-refractivity contribution in [1.82, 2.24) is 4.90 Å². The van der Waals surface area contributed by atoms with E-state index in [4.69, 9.17) is 5.73 Å². The summed E-state index contributed by atoms with van der Waals surface area (Å²) in [5.74, 6) is -0.153. The Morgan fingerprint density at radius 3 is 2.47 bits per heavy atom. The van der Waals surface area contributed by atoms with E-state index < -0.39 is 5.54 Å². The lowest BCUT2D eigenvalue weighted by Crippen LogP contribution is -2.39. The molecule has 0 radical (unpaired) electrons. The first kappa shape index (κ1) is 14.3. The monoisotopic (exact) mass is 266 g/mol. The van der Waals surface area contributed by atoms with Crippen molar-refractivity contribution in [2.24, 2.45) is 5.73 Å². The molecule has 0 amide bonds. The number of phenolic OH excluding ortho intramolecular Hbond substituents is 1. The number of hydrogen-bond acceptors (Lipinski definition) is 3. The fraction of sp³-hybridized carbons (Fsp3) is 0.600. The maximum absolute atomic E-state index is 13.8. The van der Waals surface area contributed by atoms with Crippen LogP contribution in [0.4, 0.5) is 4.39 Å². The first-order valence-electron chi connectivity index (χ1n) is 6.88. The summed E-state index contributed by atoms with van der Waals surface area (Å²) >= 11 is 0. The second-order valence-electron chi connectivity index (χ2n) is 5.92. The summed E-state index contributed by atoms with van der Waals surface area (Å²) in [7, 11) is 3.78. The summed E-state index contributed by atoms with van der Waals surface area (Å²) < 4.78 is 13.8. The number of halogens is 1. The van der Waals surface area contributed by atoms with Gasteiger partial charge in [0, 0.05) is 23.2 Å². The zero-order valence-electron chi connectivity index (χ0n) is 11.7. The largest absolute Gasteiger partial charge is 0.507 e. The van der Waals surface area contributed by atoms with Crippen molar-refractivity contribution >= 4 is 0 Å². The van der Waals surface area contributed by atoms with Crippen molar-refractivity contribution in [3.05, 3.63) is 29.1 Å². The maximum atomic E-state index is 13.8. The van der Waals surface area contributed by atoms with Crippen LogP contribution in [0.2, 0.25) is 0 Å². The summed E-state index contributed by atoms with van der Waals surface area (Å²) in [6, 6.07) is 2.80. The van der Waals surface area contributed by atoms with Gasteiger partial charge in [0.1, 0.15) is 11.6 Å². The van der Waals surface area contributed by atoms with E-state index in [-0.39, 0.29) is 11.6 Å². The Kier molecular flexibility index (Phi) is 4.11. The molecule has 1 aromatic rings. The second kappa shape index (κ2) is 5.47. The zero-order valence-corrected chi connectivity index (χ0v) is 11.7. The number of aromatic hydroxyl groups is 1. The first-order chi connectivity index (χ1) is 8.92. The molecule has 0 heterocycles. The molecule has 1 fully saturated rings. The van der Waals surface area contributed by atoms with Crippen molar-refractivity contribution in [3.63, 3.8) is 0 Å². The molecule has 0 saturated heterocycles. The highest BCUT2D eigenvalue weighted by atomic mass is 19.1. The molecule has 3 nitrogen and oxygen atoms in total. The van der Waals surface area contributed by atoms with Gasteiger partial charge in [-0.15, -0.1) is 0 Å². The van der Waals surface area contributed by atoms with Crippen LogP contribution in [0.25, 0.3) is 0 Å². The molecule has 0 aromatic heterocycles. The average Bonchev–Trinajstić information content (AvgIpc) is 2.33. The summed E-state index contributed by atoms with van der Waals surface area (Å²) in [4.78, 5) is 1.91. The zero-order chi connectivity index (χ0) is 14.0. The molecule has 1 aliphatic rings. The van der Waals surface area contributed by atoms with Crippen LogP contribution in [0, 0.1) is 5.82 Å². The molecule has 0 atom stereocenters. The standard InChI is InChI=1S/C15H23FN2O/c1-18(2)10-11-8-12(16)9-13(14(11)19)15(17)6-4-3-5-7-15/h8-9,19H,3-7,10,17H2,1-2H3. The van der Waals surface area contributed by atoms with Crippen molar-refractivity contribution in [2.45, 2.75) is 44.2 Å². The third-order valence-corrected chi connectivity index (χ3v) is 3.92. The van der Waals surface area contributed by atoms with Gasteiger partial charge in [0.2, 0.25) is 0 Å². The molecule has 0 spiro atoms. The van der Waals surface area contributed by atoms with Crippen LogP contribution in [-0.2, 0) is 12.1 Å². The Morgan fingerprint density at radius 2 is 1.89 bits per heavy atom. The highest BCUT2D eigenvalue weighted by Gasteiger charge is 2.33. The van der Waals surface area contributed by atoms with E-state index in [0.717, 1.165) is 25.7 Å². The van der Waals surface area contributed by atoms with E-state index in [9.17, 15) is 9.50 Å². The van der Waals surface area contributed by atoms with Gasteiger partial charge in [-0.25, -0.2) is 4.39 Å². The predicted octanol–water partition coefficient (Wildman–Crippen LogP) is 2.71. The minimum Gasteiger partial charge on any atom is -0.507 e. The van der Waals surface area contributed by atoms with Crippen LogP contribution in [0.1, 0.15) is 43.2 Å². The van der Waals surface area contributed by atoms with Crippen molar-refractivity contribution in [2.75, 3.05) is 14.1 Å². The lowest BCUT2D eigenvalue weighted by Gasteiger charge is -2.35. The van der Waals surface area contributed by atoms with Gasteiger partial charge in [-0.05, 0) is 39.1 Å². The van der Waals surface area contributed by atoms with Crippen molar-refractivity contribution < 1.29 is 9.50 Å². The molecule has 106 valence electrons. The molecular formula is C15H23FN2O. The maximum Gasteiger partial charge on any atom is 0.125 e. The van der Waals surface area contributed by atoms with Crippen LogP contribution in [0.15, 0.2) is 12.1 Å². The molecule has 0 bridgehead atoms. The number of hydrogen-bond donors (Lipinski definition) is 2. The molecule has 1 saturated carbocycles. The minimum absolute atomic E-state index is 0.166. The van der Waals surface area contributed by atoms with E-state index in [0.29, 0.717) is 17.7 Å². The van der Waals surface area contributed by atoms with E-state index >= 15 is 0 Å². The smallest absolute Gasteiger partial charge is 0.125 e. The van der Waals surface area contributed by atoms with Crippen LogP contribution < -0.4 is 5.73 Å². The Hall–Kier alpha value is -1.13. The molecular weight excluding hydrogens is 243 g/mol. The van der Waals surface area contributed by atoms with Gasteiger partial charge in [-0.1, -0.05) is 19.3 Å². The Labute approximate surface area is 114 Å². The lowest BCUT2D eigenvalue weighted by molar-refractivity contribution is 0.288. The molecule has 2 rings (SSSR count). The Morgan fingerprint density at radius 1 is 1.26 bits per heavy atom. The second-order valence-corrected chi connectivity index (χ2v) is 5.92. The summed E-state index contributed by atoms with van der Waals surface area (Å²) in [5.41, 5.74) is 7.01. The van der Waals surface area contributed by atoms with E-state index in [1.54, 1.807) is 0 Å². The highest BCUT2D eigenvalue weighted by molar-refractivity contribution is 5.45. The predicted molar refractivity (Wildman–Crippen MR) is 74.4 cm³/mol. The number of nitrogens with zero attached hydrogens (tertiary/aromatic N) is 1. The van der Waals surface area contributed by atoms with Gasteiger partial charge in [0.15, 0.2) is 0 Å². The van der Waals surface area contributed by atoms with Crippen LogP contribution in [0.5, 0.6) is 5.75 Å². The molecule has 1 aliphatic carbocycles. The summed E-state index contributed by atoms with van der Waals surface area (Å²) in [6.07, 6.45) is 4.86. The first-order valence-corrected chi connectivity index (χ1v) is 6.88. The molecule has 4 heteroatoms. The fourth-order valence-electron chi connectivity index (χ4n) is 2.95. The van der Waals surface area contributed by atoms with Gasteiger partial charge < -0.3 is 15.7 Å². The lowest BCUT2D eigenvalue weighted by atomic mass is 9.76. The molecule has 3 N–H and O–H groups in total. The number of benzene rings is 1. The molecule has 19 heavy (non-hydrogen) atoms. The van der Waals surface area contributed by atoms with Gasteiger partial charge in [0.05, 0.1) is 0 Å². The van der Waals surface area contributed by atoms with Crippen molar-refractivity contribution in [3.8, 4) is 5.75 Å². The highest BCUT2D eigenvalue weighted by Crippen LogP contribution is 2.40. The quantitative estimate of drug-likeness (QED) is 0.884. The van der Waals surface area contributed by atoms with Gasteiger partial charge in [-0.2, -0.15) is 0 Å². The van der Waals surface area contributed by atoms with Gasteiger partial charge >= 0.3 is 0 Å². The van der Waals surface area contributed by atoms with Crippen LogP contribution in [-0.4, -0.2) is 24.1 Å². The third kappa shape index (κ3) is 3.07. The third-order valence-electron chi connectivity index (χ3n) is 3.92. The Bertz CT molecular complexity index is 454. The number of rotatable bonds is 3. The van der Waals surface area contributed by atoms with E-state index in [1.165, 1.54) is 18.6 Å². The average molecular weight is 266 g/mol. The summed E-state index contributed by atoms with van der Waals surface area (Å²) in [5, 5.41) is 10.4. The topological polar surface area (TPSA) is 49.5 Å². The van der Waals surface area contributed by atoms with Crippen LogP contribution >= 0.6 is 0 Å². The minimum atomic E-state index is -0.578. The van der Waals surface area contributed by atoms with E-state index in [1.807, 2.05) is 19.0 Å². The van der Waals surface area contributed by atoms with Gasteiger partial charge in [-0.3, -0.25) is 0 Å². The number of phenols is 1. The Balaban J connectivity index is 2.41. The van der Waals surface area contributed by atoms with Gasteiger partial charge in [0.25, 0.3) is 0 Å². The molecule has 0 aliphatic heterocycles. The van der Waals surface area contributed by atoms with Crippen molar-refractivity contribution in [1.29, 1.82) is 0 Å². The SMILES string of the molecule is CN(C)Cc1cc(F)cc(C2(N)CCCCC2)c1O. The number of nitrogens with two attached hydrogens (primary N) is 1.